The molecular weight excluding hydrogens is 444 g/mol. The summed E-state index contributed by atoms with van der Waals surface area (Å²) in [5, 5.41) is 24.8. The van der Waals surface area contributed by atoms with E-state index >= 15 is 0 Å². The highest BCUT2D eigenvalue weighted by molar-refractivity contribution is 5.96. The lowest BCUT2D eigenvalue weighted by atomic mass is 10.1. The Hall–Kier alpha value is -3.95. The van der Waals surface area contributed by atoms with Gasteiger partial charge in [-0.25, -0.2) is 4.79 Å². The zero-order valence-corrected chi connectivity index (χ0v) is 17.9. The van der Waals surface area contributed by atoms with Gasteiger partial charge in [-0.15, -0.1) is 0 Å². The molecule has 16 nitrogen and oxygen atoms in total. The maximum atomic E-state index is 12.5. The van der Waals surface area contributed by atoms with E-state index in [1.165, 1.54) is 6.92 Å². The molecule has 0 aliphatic heterocycles. The molecule has 16 heteroatoms. The van der Waals surface area contributed by atoms with E-state index in [4.69, 9.17) is 28.0 Å². The largest absolute Gasteiger partial charge is 0.481 e. The highest BCUT2D eigenvalue weighted by atomic mass is 16.4. The molecule has 0 aromatic carbocycles. The van der Waals surface area contributed by atoms with Gasteiger partial charge in [0.1, 0.15) is 18.1 Å². The van der Waals surface area contributed by atoms with E-state index in [1.807, 2.05) is 0 Å². The van der Waals surface area contributed by atoms with E-state index in [9.17, 15) is 33.9 Å². The molecule has 0 bridgehead atoms. The van der Waals surface area contributed by atoms with Gasteiger partial charge in [0.2, 0.25) is 23.6 Å². The summed E-state index contributed by atoms with van der Waals surface area (Å²) >= 11 is 0. The van der Waals surface area contributed by atoms with Gasteiger partial charge in [-0.05, 0) is 19.8 Å². The molecule has 0 heterocycles. The van der Waals surface area contributed by atoms with Gasteiger partial charge in [0.15, 0.2) is 5.96 Å². The van der Waals surface area contributed by atoms with E-state index in [2.05, 4.69) is 20.9 Å². The molecule has 0 aliphatic rings. The molecule has 4 amide bonds. The number of nitrogens with zero attached hydrogens (tertiary/aromatic N) is 1. The first kappa shape index (κ1) is 29.1. The Kier molecular flexibility index (Phi) is 12.5. The second kappa shape index (κ2) is 14.2. The molecule has 0 spiro atoms. The van der Waals surface area contributed by atoms with Crippen molar-refractivity contribution in [2.45, 2.75) is 56.8 Å². The van der Waals surface area contributed by atoms with Crippen LogP contribution in [0, 0.1) is 0 Å². The van der Waals surface area contributed by atoms with Crippen molar-refractivity contribution in [2.24, 2.45) is 27.9 Å². The minimum atomic E-state index is -1.65. The van der Waals surface area contributed by atoms with Crippen LogP contribution in [0.15, 0.2) is 4.99 Å². The lowest BCUT2D eigenvalue weighted by molar-refractivity contribution is -0.143. The Morgan fingerprint density at radius 2 is 1.42 bits per heavy atom. The lowest BCUT2D eigenvalue weighted by Gasteiger charge is -2.22. The Labute approximate surface area is 188 Å². The van der Waals surface area contributed by atoms with Crippen molar-refractivity contribution in [3.05, 3.63) is 0 Å². The topological polar surface area (TPSA) is 295 Å². The number of aliphatic carboxylic acids is 2. The van der Waals surface area contributed by atoms with Crippen LogP contribution in [0.5, 0.6) is 0 Å². The summed E-state index contributed by atoms with van der Waals surface area (Å²) in [4.78, 5) is 73.7. The molecule has 186 valence electrons. The molecule has 0 aromatic rings. The maximum Gasteiger partial charge on any atom is 0.326 e. The molecular formula is C17H30N8O8. The second-order valence-corrected chi connectivity index (χ2v) is 7.01. The normalized spacial score (nSPS) is 14.0. The summed E-state index contributed by atoms with van der Waals surface area (Å²) in [6, 6.07) is -5.63. The average Bonchev–Trinajstić information content (AvgIpc) is 2.67. The summed E-state index contributed by atoms with van der Waals surface area (Å²) in [5.74, 6) is -6.75. The number of primary amides is 1. The van der Waals surface area contributed by atoms with Crippen LogP contribution in [0.25, 0.3) is 0 Å². The number of aliphatic imine (C=N–C) groups is 1. The van der Waals surface area contributed by atoms with E-state index < -0.39 is 72.6 Å². The van der Waals surface area contributed by atoms with E-state index in [-0.39, 0.29) is 25.3 Å². The first-order chi connectivity index (χ1) is 15.2. The molecule has 0 aliphatic carbocycles. The van der Waals surface area contributed by atoms with Crippen LogP contribution in [0.4, 0.5) is 0 Å². The third-order valence-electron chi connectivity index (χ3n) is 4.08. The van der Waals surface area contributed by atoms with Crippen molar-refractivity contribution in [1.82, 2.24) is 16.0 Å². The van der Waals surface area contributed by atoms with Gasteiger partial charge < -0.3 is 49.1 Å². The molecule has 0 saturated heterocycles. The van der Waals surface area contributed by atoms with Gasteiger partial charge in [-0.2, -0.15) is 0 Å². The van der Waals surface area contributed by atoms with Crippen LogP contribution in [0.3, 0.4) is 0 Å². The third-order valence-corrected chi connectivity index (χ3v) is 4.08. The maximum absolute atomic E-state index is 12.5. The number of guanidine groups is 1. The van der Waals surface area contributed by atoms with Crippen LogP contribution in [0.1, 0.15) is 32.6 Å². The molecule has 0 aromatic heterocycles. The van der Waals surface area contributed by atoms with Gasteiger partial charge in [-0.3, -0.25) is 29.0 Å². The zero-order chi connectivity index (χ0) is 25.7. The fourth-order valence-corrected chi connectivity index (χ4v) is 2.41. The Morgan fingerprint density at radius 3 is 1.91 bits per heavy atom. The molecule has 33 heavy (non-hydrogen) atoms. The van der Waals surface area contributed by atoms with Crippen molar-refractivity contribution >= 4 is 41.5 Å². The van der Waals surface area contributed by atoms with Crippen molar-refractivity contribution in [3.8, 4) is 0 Å². The SMILES string of the molecule is CC(NC(=O)C(N)CC(N)=O)C(=O)NC(CC(=O)O)C(=O)NC(CCCN=C(N)N)C(=O)O. The molecule has 0 rings (SSSR count). The average molecular weight is 474 g/mol. The number of rotatable bonds is 15. The van der Waals surface area contributed by atoms with Crippen molar-refractivity contribution < 1.29 is 39.0 Å². The van der Waals surface area contributed by atoms with E-state index in [1.54, 1.807) is 0 Å². The van der Waals surface area contributed by atoms with Crippen LogP contribution in [-0.4, -0.2) is 82.5 Å². The van der Waals surface area contributed by atoms with Gasteiger partial charge in [0.25, 0.3) is 0 Å². The molecule has 13 N–H and O–H groups in total. The smallest absolute Gasteiger partial charge is 0.326 e. The fraction of sp³-hybridized carbons (Fsp3) is 0.588. The summed E-state index contributed by atoms with van der Waals surface area (Å²) < 4.78 is 0. The highest BCUT2D eigenvalue weighted by Crippen LogP contribution is 2.02. The van der Waals surface area contributed by atoms with Gasteiger partial charge in [0, 0.05) is 6.54 Å². The van der Waals surface area contributed by atoms with Crippen molar-refractivity contribution in [3.63, 3.8) is 0 Å². The summed E-state index contributed by atoms with van der Waals surface area (Å²) in [5.41, 5.74) is 20.7. The van der Waals surface area contributed by atoms with Crippen molar-refractivity contribution in [2.75, 3.05) is 6.54 Å². The molecule has 0 fully saturated rings. The number of carboxylic acid groups (broad SMARTS) is 2. The van der Waals surface area contributed by atoms with Crippen LogP contribution in [0.2, 0.25) is 0 Å². The van der Waals surface area contributed by atoms with Crippen LogP contribution >= 0.6 is 0 Å². The molecule has 4 unspecified atom stereocenters. The first-order valence-corrected chi connectivity index (χ1v) is 9.69. The number of carbonyl (C=O) groups excluding carboxylic acids is 4. The number of amides is 4. The standard InChI is InChI=1S/C17H30N8O8/c1-7(23-14(30)8(18)5-11(19)26)13(29)25-10(6-12(27)28)15(31)24-9(16(32)33)3-2-4-22-17(20)21/h7-10H,2-6,18H2,1H3,(H2,19,26)(H,23,30)(H,24,31)(H,25,29)(H,27,28)(H,32,33)(H4,20,21,22). The Morgan fingerprint density at radius 1 is 0.848 bits per heavy atom. The number of hydrogen-bond donors (Lipinski definition) is 9. The fourth-order valence-electron chi connectivity index (χ4n) is 2.41. The minimum absolute atomic E-state index is 0.0736. The second-order valence-electron chi connectivity index (χ2n) is 7.01. The first-order valence-electron chi connectivity index (χ1n) is 9.69. The number of hydrogen-bond acceptors (Lipinski definition) is 8. The predicted octanol–water partition coefficient (Wildman–Crippen LogP) is -4.72. The van der Waals surface area contributed by atoms with Gasteiger partial charge >= 0.3 is 11.9 Å². The predicted molar refractivity (Wildman–Crippen MR) is 113 cm³/mol. The molecule has 4 atom stereocenters. The quantitative estimate of drug-likeness (QED) is 0.0616. The van der Waals surface area contributed by atoms with Crippen molar-refractivity contribution in [1.29, 1.82) is 0 Å². The van der Waals surface area contributed by atoms with Gasteiger partial charge in [0.05, 0.1) is 18.9 Å². The number of carboxylic acids is 2. The monoisotopic (exact) mass is 474 g/mol. The summed E-state index contributed by atoms with van der Waals surface area (Å²) in [6.45, 7) is 1.33. The van der Waals surface area contributed by atoms with Crippen LogP contribution in [-0.2, 0) is 28.8 Å². The van der Waals surface area contributed by atoms with E-state index in [0.29, 0.717) is 0 Å². The third kappa shape index (κ3) is 12.5. The molecule has 0 radical (unpaired) electrons. The minimum Gasteiger partial charge on any atom is -0.481 e. The Balaban J connectivity index is 5.12. The lowest BCUT2D eigenvalue weighted by Crippen LogP contribution is -2.57. The summed E-state index contributed by atoms with van der Waals surface area (Å²) in [7, 11) is 0. The molecule has 0 saturated carbocycles. The Bertz CT molecular complexity index is 783. The van der Waals surface area contributed by atoms with E-state index in [0.717, 1.165) is 0 Å². The number of nitrogens with two attached hydrogens (primary N) is 4. The highest BCUT2D eigenvalue weighted by Gasteiger charge is 2.30. The van der Waals surface area contributed by atoms with Gasteiger partial charge in [-0.1, -0.05) is 0 Å². The van der Waals surface area contributed by atoms with Crippen LogP contribution < -0.4 is 38.9 Å². The number of carbonyl (C=O) groups is 6. The summed E-state index contributed by atoms with van der Waals surface area (Å²) in [6.07, 6.45) is -1.21. The number of nitrogens with one attached hydrogen (secondary N) is 3. The zero-order valence-electron chi connectivity index (χ0n) is 17.9.